The summed E-state index contributed by atoms with van der Waals surface area (Å²) in [5, 5.41) is 2.18. The molecular formula is C10H10N2O2S. The van der Waals surface area contributed by atoms with Crippen molar-refractivity contribution in [1.82, 2.24) is 10.0 Å². The highest BCUT2D eigenvalue weighted by Gasteiger charge is 2.14. The van der Waals surface area contributed by atoms with Gasteiger partial charge in [0.1, 0.15) is 4.83 Å². The van der Waals surface area contributed by atoms with Gasteiger partial charge in [0.15, 0.2) is 0 Å². The Morgan fingerprint density at radius 2 is 2.40 bits per heavy atom. The summed E-state index contributed by atoms with van der Waals surface area (Å²) >= 11 is 1.37. The summed E-state index contributed by atoms with van der Waals surface area (Å²) in [5.41, 5.74) is 0. The van der Waals surface area contributed by atoms with Gasteiger partial charge in [-0.05, 0) is 12.1 Å². The van der Waals surface area contributed by atoms with Crippen molar-refractivity contribution in [3.8, 4) is 0 Å². The predicted octanol–water partition coefficient (Wildman–Crippen LogP) is 1.93. The molecule has 0 atom stereocenters. The highest BCUT2D eigenvalue weighted by Crippen LogP contribution is 2.24. The first-order chi connectivity index (χ1) is 7.22. The number of hydrogen-bond donors (Lipinski definition) is 0. The Balaban J connectivity index is 2.41. The van der Waals surface area contributed by atoms with Crippen molar-refractivity contribution in [2.75, 3.05) is 14.2 Å². The molecule has 0 spiro atoms. The molecule has 0 aliphatic carbocycles. The van der Waals surface area contributed by atoms with Crippen LogP contribution in [0.1, 0.15) is 9.67 Å². The molecule has 1 amide bonds. The van der Waals surface area contributed by atoms with E-state index in [-0.39, 0.29) is 5.91 Å². The van der Waals surface area contributed by atoms with Crippen LogP contribution in [0.15, 0.2) is 24.4 Å². The minimum absolute atomic E-state index is 0.152. The minimum atomic E-state index is -0.152. The first kappa shape index (κ1) is 10.1. The number of rotatable bonds is 2. The van der Waals surface area contributed by atoms with Gasteiger partial charge in [0.05, 0.1) is 12.0 Å². The molecule has 0 bridgehead atoms. The second-order valence-corrected chi connectivity index (χ2v) is 4.02. The Hall–Kier alpha value is -1.46. The van der Waals surface area contributed by atoms with Gasteiger partial charge in [-0.15, -0.1) is 11.3 Å². The average molecular weight is 222 g/mol. The first-order valence-corrected chi connectivity index (χ1v) is 5.21. The van der Waals surface area contributed by atoms with Crippen LogP contribution >= 0.6 is 11.3 Å². The van der Waals surface area contributed by atoms with Crippen molar-refractivity contribution in [3.05, 3.63) is 29.3 Å². The molecule has 0 N–H and O–H groups in total. The molecule has 78 valence electrons. The number of fused-ring (bicyclic) bond motifs is 1. The summed E-state index contributed by atoms with van der Waals surface area (Å²) in [5.74, 6) is -0.152. The molecule has 0 aliphatic rings. The van der Waals surface area contributed by atoms with Crippen molar-refractivity contribution in [1.29, 1.82) is 0 Å². The molecular weight excluding hydrogens is 212 g/mol. The molecule has 2 aromatic rings. The zero-order valence-corrected chi connectivity index (χ0v) is 9.25. The van der Waals surface area contributed by atoms with Gasteiger partial charge < -0.3 is 0 Å². The quantitative estimate of drug-likeness (QED) is 0.729. The molecule has 2 rings (SSSR count). The van der Waals surface area contributed by atoms with Crippen molar-refractivity contribution in [2.24, 2.45) is 0 Å². The van der Waals surface area contributed by atoms with Gasteiger partial charge in [-0.3, -0.25) is 9.63 Å². The Morgan fingerprint density at radius 1 is 1.60 bits per heavy atom. The molecule has 0 unspecified atom stereocenters. The van der Waals surface area contributed by atoms with E-state index in [1.165, 1.54) is 23.5 Å². The normalized spacial score (nSPS) is 10.5. The molecule has 0 radical (unpaired) electrons. The van der Waals surface area contributed by atoms with E-state index in [1.807, 2.05) is 18.2 Å². The Morgan fingerprint density at radius 3 is 3.07 bits per heavy atom. The third kappa shape index (κ3) is 1.84. The van der Waals surface area contributed by atoms with Gasteiger partial charge in [0.25, 0.3) is 5.91 Å². The molecule has 0 aromatic carbocycles. The Bertz CT molecular complexity index is 462. The van der Waals surface area contributed by atoms with Gasteiger partial charge in [-0.1, -0.05) is 6.07 Å². The molecule has 15 heavy (non-hydrogen) atoms. The lowest BCUT2D eigenvalue weighted by Gasteiger charge is -2.11. The van der Waals surface area contributed by atoms with E-state index in [1.54, 1.807) is 13.2 Å². The molecule has 0 aliphatic heterocycles. The fraction of sp³-hybridized carbons (Fsp3) is 0.200. The number of amides is 1. The SMILES string of the molecule is CON(C)C(=O)c1cc2cccnc2s1. The molecule has 2 heterocycles. The third-order valence-corrected chi connectivity index (χ3v) is 3.11. The van der Waals surface area contributed by atoms with Crippen molar-refractivity contribution >= 4 is 27.5 Å². The van der Waals surface area contributed by atoms with Crippen molar-refractivity contribution in [2.45, 2.75) is 0 Å². The van der Waals surface area contributed by atoms with Crippen LogP contribution in [0.2, 0.25) is 0 Å². The molecule has 0 saturated heterocycles. The highest BCUT2D eigenvalue weighted by molar-refractivity contribution is 7.20. The zero-order chi connectivity index (χ0) is 10.8. The number of hydroxylamine groups is 2. The summed E-state index contributed by atoms with van der Waals surface area (Å²) in [4.78, 5) is 22.2. The van der Waals surface area contributed by atoms with Crippen molar-refractivity contribution < 1.29 is 9.63 Å². The van der Waals surface area contributed by atoms with E-state index in [0.717, 1.165) is 10.2 Å². The maximum absolute atomic E-state index is 11.7. The van der Waals surface area contributed by atoms with E-state index >= 15 is 0 Å². The molecule has 2 aromatic heterocycles. The number of pyridine rings is 1. The van der Waals surface area contributed by atoms with Crippen LogP contribution in [-0.4, -0.2) is 30.1 Å². The highest BCUT2D eigenvalue weighted by atomic mass is 32.1. The number of thiophene rings is 1. The number of aromatic nitrogens is 1. The number of hydrogen-bond acceptors (Lipinski definition) is 4. The van der Waals surface area contributed by atoms with Crippen LogP contribution in [-0.2, 0) is 4.84 Å². The number of nitrogens with zero attached hydrogens (tertiary/aromatic N) is 2. The van der Waals surface area contributed by atoms with E-state index in [4.69, 9.17) is 4.84 Å². The summed E-state index contributed by atoms with van der Waals surface area (Å²) in [6, 6.07) is 5.61. The predicted molar refractivity (Wildman–Crippen MR) is 58.7 cm³/mol. The van der Waals surface area contributed by atoms with Gasteiger partial charge in [-0.2, -0.15) is 0 Å². The summed E-state index contributed by atoms with van der Waals surface area (Å²) < 4.78 is 0. The molecule has 0 saturated carbocycles. The van der Waals surface area contributed by atoms with E-state index in [0.29, 0.717) is 4.88 Å². The van der Waals surface area contributed by atoms with Gasteiger partial charge in [0, 0.05) is 18.6 Å². The first-order valence-electron chi connectivity index (χ1n) is 4.39. The summed E-state index contributed by atoms with van der Waals surface area (Å²) in [7, 11) is 3.05. The largest absolute Gasteiger partial charge is 0.287 e. The van der Waals surface area contributed by atoms with Crippen LogP contribution in [0.25, 0.3) is 10.2 Å². The smallest absolute Gasteiger partial charge is 0.274 e. The second kappa shape index (κ2) is 3.96. The molecule has 5 heteroatoms. The van der Waals surface area contributed by atoms with E-state index in [9.17, 15) is 4.79 Å². The van der Waals surface area contributed by atoms with Crippen LogP contribution in [0.3, 0.4) is 0 Å². The average Bonchev–Trinajstić information content (AvgIpc) is 2.70. The van der Waals surface area contributed by atoms with Crippen LogP contribution in [0.5, 0.6) is 0 Å². The zero-order valence-electron chi connectivity index (χ0n) is 8.43. The lowest BCUT2D eigenvalue weighted by atomic mass is 10.3. The maximum Gasteiger partial charge on any atom is 0.287 e. The fourth-order valence-electron chi connectivity index (χ4n) is 1.22. The van der Waals surface area contributed by atoms with Gasteiger partial charge in [-0.25, -0.2) is 10.0 Å². The van der Waals surface area contributed by atoms with Crippen molar-refractivity contribution in [3.63, 3.8) is 0 Å². The van der Waals surface area contributed by atoms with Crippen LogP contribution in [0, 0.1) is 0 Å². The van der Waals surface area contributed by atoms with Crippen LogP contribution in [0.4, 0.5) is 0 Å². The number of carbonyl (C=O) groups is 1. The third-order valence-electron chi connectivity index (χ3n) is 2.06. The fourth-order valence-corrected chi connectivity index (χ4v) is 2.19. The van der Waals surface area contributed by atoms with E-state index < -0.39 is 0 Å². The summed E-state index contributed by atoms with van der Waals surface area (Å²) in [6.45, 7) is 0. The number of carbonyl (C=O) groups excluding carboxylic acids is 1. The maximum atomic E-state index is 11.7. The Labute approximate surface area is 91.1 Å². The lowest BCUT2D eigenvalue weighted by molar-refractivity contribution is -0.0753. The Kier molecular flexibility index (Phi) is 2.66. The molecule has 4 nitrogen and oxygen atoms in total. The lowest BCUT2D eigenvalue weighted by Crippen LogP contribution is -2.24. The van der Waals surface area contributed by atoms with E-state index in [2.05, 4.69) is 4.98 Å². The second-order valence-electron chi connectivity index (χ2n) is 2.99. The summed E-state index contributed by atoms with van der Waals surface area (Å²) in [6.07, 6.45) is 1.72. The molecule has 0 fully saturated rings. The topological polar surface area (TPSA) is 42.4 Å². The van der Waals surface area contributed by atoms with Gasteiger partial charge in [0.2, 0.25) is 0 Å². The standard InChI is InChI=1S/C10H10N2O2S/c1-12(14-2)10(13)8-6-7-4-3-5-11-9(7)15-8/h3-6H,1-2H3. The van der Waals surface area contributed by atoms with Crippen LogP contribution < -0.4 is 0 Å². The monoisotopic (exact) mass is 222 g/mol. The minimum Gasteiger partial charge on any atom is -0.274 e. The van der Waals surface area contributed by atoms with Gasteiger partial charge >= 0.3 is 0 Å².